The van der Waals surface area contributed by atoms with E-state index in [0.717, 1.165) is 6.21 Å². The lowest BCUT2D eigenvalue weighted by molar-refractivity contribution is 0.322. The second kappa shape index (κ2) is 6.11. The van der Waals surface area contributed by atoms with Gasteiger partial charge >= 0.3 is 0 Å². The van der Waals surface area contributed by atoms with E-state index in [0.29, 0.717) is 0 Å². The highest BCUT2D eigenvalue weighted by Crippen LogP contribution is 2.05. The smallest absolute Gasteiger partial charge is 0.117 e. The SMILES string of the molecule is O/N=C/C#CSI. The standard InChI is InChI=1S/C3H2INOS/c4-7-3-1-2-5-6/h2,6H/b5-2+. The molecule has 1 N–H and O–H groups in total. The second-order valence-corrected chi connectivity index (χ2v) is 2.25. The molecule has 0 aliphatic rings. The molecule has 0 aliphatic carbocycles. The van der Waals surface area contributed by atoms with Crippen LogP contribution in [-0.2, 0) is 0 Å². The first-order chi connectivity index (χ1) is 3.41. The quantitative estimate of drug-likeness (QED) is 0.223. The van der Waals surface area contributed by atoms with E-state index in [1.54, 1.807) is 0 Å². The van der Waals surface area contributed by atoms with Crippen molar-refractivity contribution >= 4 is 36.4 Å². The van der Waals surface area contributed by atoms with Gasteiger partial charge in [0.2, 0.25) is 0 Å². The van der Waals surface area contributed by atoms with Crippen molar-refractivity contribution in [1.82, 2.24) is 0 Å². The molecule has 0 aromatic rings. The molecule has 0 spiro atoms. The highest BCUT2D eigenvalue weighted by Gasteiger charge is 1.58. The van der Waals surface area contributed by atoms with E-state index in [-0.39, 0.29) is 0 Å². The summed E-state index contributed by atoms with van der Waals surface area (Å²) in [5.41, 5.74) is 0. The summed E-state index contributed by atoms with van der Waals surface area (Å²) in [5.74, 6) is 2.45. The molecule has 7 heavy (non-hydrogen) atoms. The minimum Gasteiger partial charge on any atom is -0.410 e. The summed E-state index contributed by atoms with van der Waals surface area (Å²) in [4.78, 5) is 0. The monoisotopic (exact) mass is 227 g/mol. The van der Waals surface area contributed by atoms with Crippen molar-refractivity contribution in [3.05, 3.63) is 0 Å². The molecular weight excluding hydrogens is 225 g/mol. The van der Waals surface area contributed by atoms with E-state index < -0.39 is 0 Å². The lowest BCUT2D eigenvalue weighted by Crippen LogP contribution is -1.58. The average molecular weight is 227 g/mol. The Labute approximate surface area is 57.9 Å². The molecule has 0 unspecified atom stereocenters. The van der Waals surface area contributed by atoms with E-state index >= 15 is 0 Å². The van der Waals surface area contributed by atoms with Crippen LogP contribution >= 0.6 is 30.1 Å². The van der Waals surface area contributed by atoms with Crippen LogP contribution in [0, 0.1) is 11.2 Å². The average Bonchev–Trinajstić information content (AvgIpc) is 1.69. The van der Waals surface area contributed by atoms with Gasteiger partial charge in [-0.1, -0.05) is 5.16 Å². The van der Waals surface area contributed by atoms with Gasteiger partial charge in [0, 0.05) is 21.2 Å². The summed E-state index contributed by atoms with van der Waals surface area (Å²) < 4.78 is 0. The van der Waals surface area contributed by atoms with Crippen LogP contribution in [0.5, 0.6) is 0 Å². The molecule has 0 bridgehead atoms. The molecule has 0 fully saturated rings. The number of hydrogen-bond donors (Lipinski definition) is 1. The van der Waals surface area contributed by atoms with Crippen molar-refractivity contribution in [1.29, 1.82) is 0 Å². The summed E-state index contributed by atoms with van der Waals surface area (Å²) in [6.07, 6.45) is 1.13. The van der Waals surface area contributed by atoms with Gasteiger partial charge in [0.15, 0.2) is 0 Å². The van der Waals surface area contributed by atoms with Crippen molar-refractivity contribution in [2.75, 3.05) is 0 Å². The predicted octanol–water partition coefficient (Wildman–Crippen LogP) is 1.49. The van der Waals surface area contributed by atoms with E-state index in [9.17, 15) is 0 Å². The Morgan fingerprint density at radius 3 is 3.00 bits per heavy atom. The zero-order valence-corrected chi connectivity index (χ0v) is 6.23. The molecule has 0 heterocycles. The second-order valence-electron chi connectivity index (χ2n) is 0.568. The molecule has 0 aromatic carbocycles. The highest BCUT2D eigenvalue weighted by molar-refractivity contribution is 14.2. The van der Waals surface area contributed by atoms with E-state index in [4.69, 9.17) is 5.21 Å². The van der Waals surface area contributed by atoms with E-state index in [1.807, 2.05) is 21.2 Å². The molecule has 4 heteroatoms. The van der Waals surface area contributed by atoms with Crippen molar-refractivity contribution in [3.8, 4) is 11.2 Å². The lowest BCUT2D eigenvalue weighted by Gasteiger charge is -1.61. The zero-order chi connectivity index (χ0) is 5.54. The van der Waals surface area contributed by atoms with Gasteiger partial charge in [-0.25, -0.2) is 0 Å². The fraction of sp³-hybridized carbons (Fsp3) is 0. The first-order valence-corrected chi connectivity index (χ1v) is 4.71. The maximum Gasteiger partial charge on any atom is 0.117 e. The van der Waals surface area contributed by atoms with Gasteiger partial charge in [-0.15, -0.1) is 0 Å². The van der Waals surface area contributed by atoms with Crippen molar-refractivity contribution in [2.24, 2.45) is 5.16 Å². The maximum absolute atomic E-state index is 7.75. The minimum absolute atomic E-state index is 1.13. The Bertz CT molecular complexity index is 114. The summed E-state index contributed by atoms with van der Waals surface area (Å²) >= 11 is 2.03. The fourth-order valence-electron chi connectivity index (χ4n) is 0.0775. The molecular formula is C3H2INOS. The molecule has 0 saturated carbocycles. The molecule has 0 atom stereocenters. The molecule has 0 aromatic heterocycles. The van der Waals surface area contributed by atoms with Gasteiger partial charge in [0.25, 0.3) is 0 Å². The van der Waals surface area contributed by atoms with Gasteiger partial charge in [0.1, 0.15) is 6.21 Å². The van der Waals surface area contributed by atoms with Crippen LogP contribution in [0.15, 0.2) is 5.16 Å². The largest absolute Gasteiger partial charge is 0.410 e. The molecule has 0 amide bonds. The third kappa shape index (κ3) is 6.11. The maximum atomic E-state index is 7.75. The molecule has 0 rings (SSSR count). The molecule has 2 nitrogen and oxygen atoms in total. The summed E-state index contributed by atoms with van der Waals surface area (Å²) in [5, 5.41) is 13.0. The summed E-state index contributed by atoms with van der Waals surface area (Å²) in [6, 6.07) is 0. The Morgan fingerprint density at radius 2 is 2.57 bits per heavy atom. The molecule has 0 aliphatic heterocycles. The Balaban J connectivity index is 3.25. The first-order valence-electron chi connectivity index (χ1n) is 1.36. The van der Waals surface area contributed by atoms with Crippen molar-refractivity contribution < 1.29 is 5.21 Å². The fourth-order valence-corrected chi connectivity index (χ4v) is 0.556. The summed E-state index contributed by atoms with van der Waals surface area (Å²) in [7, 11) is 1.35. The van der Waals surface area contributed by atoms with Gasteiger partial charge in [-0.2, -0.15) is 0 Å². The Hall–Kier alpha value is 0.110. The number of oxime groups is 1. The van der Waals surface area contributed by atoms with Crippen LogP contribution in [0.1, 0.15) is 0 Å². The van der Waals surface area contributed by atoms with Crippen LogP contribution in [0.3, 0.4) is 0 Å². The molecule has 38 valence electrons. The molecule has 0 radical (unpaired) electrons. The Kier molecular flexibility index (Phi) is 6.21. The van der Waals surface area contributed by atoms with Crippen molar-refractivity contribution in [3.63, 3.8) is 0 Å². The summed E-state index contributed by atoms with van der Waals surface area (Å²) in [6.45, 7) is 0. The van der Waals surface area contributed by atoms with Gasteiger partial charge in [0.05, 0.1) is 0 Å². The number of rotatable bonds is 0. The highest BCUT2D eigenvalue weighted by atomic mass is 127. The Morgan fingerprint density at radius 1 is 1.86 bits per heavy atom. The zero-order valence-electron chi connectivity index (χ0n) is 3.26. The molecule has 0 saturated heterocycles. The first kappa shape index (κ1) is 7.11. The van der Waals surface area contributed by atoms with E-state index in [1.165, 1.54) is 8.93 Å². The van der Waals surface area contributed by atoms with Crippen LogP contribution in [0.25, 0.3) is 0 Å². The third-order valence-corrected chi connectivity index (χ3v) is 1.08. The predicted molar refractivity (Wildman–Crippen MR) is 39.7 cm³/mol. The third-order valence-electron chi connectivity index (χ3n) is 0.220. The van der Waals surface area contributed by atoms with Gasteiger partial charge < -0.3 is 5.21 Å². The number of nitrogens with zero attached hydrogens (tertiary/aromatic N) is 1. The van der Waals surface area contributed by atoms with Gasteiger partial charge in [-0.3, -0.25) is 0 Å². The van der Waals surface area contributed by atoms with E-state index in [2.05, 4.69) is 16.3 Å². The minimum atomic E-state index is 1.13. The lowest BCUT2D eigenvalue weighted by atomic mass is 10.8. The van der Waals surface area contributed by atoms with Crippen LogP contribution in [-0.4, -0.2) is 11.4 Å². The topological polar surface area (TPSA) is 32.6 Å². The van der Waals surface area contributed by atoms with Crippen LogP contribution < -0.4 is 0 Å². The normalized spacial score (nSPS) is 8.14. The van der Waals surface area contributed by atoms with Gasteiger partial charge in [-0.05, 0) is 20.1 Å². The van der Waals surface area contributed by atoms with Crippen molar-refractivity contribution in [2.45, 2.75) is 0 Å². The number of hydrogen-bond acceptors (Lipinski definition) is 3. The van der Waals surface area contributed by atoms with Crippen LogP contribution in [0.4, 0.5) is 0 Å². The van der Waals surface area contributed by atoms with Crippen LogP contribution in [0.2, 0.25) is 0 Å². The number of halogens is 1.